The van der Waals surface area contributed by atoms with E-state index in [9.17, 15) is 9.59 Å². The zero-order valence-corrected chi connectivity index (χ0v) is 6.75. The van der Waals surface area contributed by atoms with E-state index in [1.807, 2.05) is 0 Å². The number of carbonyl (C=O) groups excluding carboxylic acids is 2. The third-order valence-electron chi connectivity index (χ3n) is 2.11. The van der Waals surface area contributed by atoms with Crippen LogP contribution >= 0.6 is 0 Å². The highest BCUT2D eigenvalue weighted by Gasteiger charge is 2.22. The Bertz CT molecular complexity index is 167. The number of likely N-dealkylation sites (tertiary alicyclic amines) is 1. The lowest BCUT2D eigenvalue weighted by Gasteiger charge is -2.31. The topological polar surface area (TPSA) is 37.4 Å². The number of hydrogen-bond donors (Lipinski definition) is 0. The van der Waals surface area contributed by atoms with E-state index in [0.717, 1.165) is 32.1 Å². The number of aldehydes is 1. The van der Waals surface area contributed by atoms with E-state index < -0.39 is 0 Å². The van der Waals surface area contributed by atoms with Crippen LogP contribution in [0, 0.1) is 0 Å². The van der Waals surface area contributed by atoms with Crippen molar-refractivity contribution in [1.29, 1.82) is 0 Å². The zero-order chi connectivity index (χ0) is 8.27. The average molecular weight is 155 g/mol. The van der Waals surface area contributed by atoms with Crippen molar-refractivity contribution in [2.45, 2.75) is 32.2 Å². The molecule has 3 nitrogen and oxygen atoms in total. The molecular formula is C8H13NO2. The smallest absolute Gasteiger partial charge is 0.220 e. The van der Waals surface area contributed by atoms with Crippen molar-refractivity contribution in [3.8, 4) is 0 Å². The van der Waals surface area contributed by atoms with Gasteiger partial charge < -0.3 is 9.69 Å². The molecule has 0 aromatic heterocycles. The van der Waals surface area contributed by atoms with Gasteiger partial charge in [0.05, 0.1) is 6.04 Å². The second kappa shape index (κ2) is 3.51. The maximum atomic E-state index is 10.9. The second-order valence-corrected chi connectivity index (χ2v) is 2.91. The van der Waals surface area contributed by atoms with E-state index >= 15 is 0 Å². The molecule has 0 saturated carbocycles. The summed E-state index contributed by atoms with van der Waals surface area (Å²) in [6.45, 7) is 2.26. The molecule has 0 aromatic carbocycles. The van der Waals surface area contributed by atoms with E-state index in [4.69, 9.17) is 0 Å². The Kier molecular flexibility index (Phi) is 2.63. The summed E-state index contributed by atoms with van der Waals surface area (Å²) in [6.07, 6.45) is 3.81. The van der Waals surface area contributed by atoms with Gasteiger partial charge in [0.1, 0.15) is 6.29 Å². The molecular weight excluding hydrogens is 142 g/mol. The summed E-state index contributed by atoms with van der Waals surface area (Å²) < 4.78 is 0. The van der Waals surface area contributed by atoms with Gasteiger partial charge in [0, 0.05) is 13.5 Å². The standard InChI is InChI=1S/C8H13NO2/c1-7(11)9-5-3-2-4-8(9)6-10/h6,8H,2-5H2,1H3. The second-order valence-electron chi connectivity index (χ2n) is 2.91. The maximum Gasteiger partial charge on any atom is 0.220 e. The van der Waals surface area contributed by atoms with Crippen molar-refractivity contribution < 1.29 is 9.59 Å². The van der Waals surface area contributed by atoms with Crippen molar-refractivity contribution in [1.82, 2.24) is 4.90 Å². The van der Waals surface area contributed by atoms with Crippen molar-refractivity contribution in [2.24, 2.45) is 0 Å². The molecule has 0 bridgehead atoms. The van der Waals surface area contributed by atoms with Crippen LogP contribution in [0.1, 0.15) is 26.2 Å². The summed E-state index contributed by atoms with van der Waals surface area (Å²) in [5.41, 5.74) is 0. The number of hydrogen-bond acceptors (Lipinski definition) is 2. The van der Waals surface area contributed by atoms with Gasteiger partial charge in [0.2, 0.25) is 5.91 Å². The fourth-order valence-electron chi connectivity index (χ4n) is 1.49. The number of piperidine rings is 1. The minimum absolute atomic E-state index is 0.0156. The molecule has 1 saturated heterocycles. The minimum Gasteiger partial charge on any atom is -0.333 e. The quantitative estimate of drug-likeness (QED) is 0.519. The summed E-state index contributed by atoms with van der Waals surface area (Å²) >= 11 is 0. The van der Waals surface area contributed by atoms with Crippen molar-refractivity contribution in [3.05, 3.63) is 0 Å². The summed E-state index contributed by atoms with van der Waals surface area (Å²) in [6, 6.07) is -0.152. The molecule has 1 fully saturated rings. The predicted octanol–water partition coefficient (Wildman–Crippen LogP) is 0.586. The first-order chi connectivity index (χ1) is 5.25. The Morgan fingerprint density at radius 3 is 2.73 bits per heavy atom. The van der Waals surface area contributed by atoms with Gasteiger partial charge in [-0.05, 0) is 19.3 Å². The lowest BCUT2D eigenvalue weighted by Crippen LogP contribution is -2.43. The van der Waals surface area contributed by atoms with Crippen LogP contribution in [-0.4, -0.2) is 29.7 Å². The largest absolute Gasteiger partial charge is 0.333 e. The van der Waals surface area contributed by atoms with Crippen LogP contribution < -0.4 is 0 Å². The SMILES string of the molecule is CC(=O)N1CCCCC1C=O. The molecule has 1 heterocycles. The summed E-state index contributed by atoms with van der Waals surface area (Å²) in [5, 5.41) is 0. The fourth-order valence-corrected chi connectivity index (χ4v) is 1.49. The molecule has 1 rings (SSSR count). The Balaban J connectivity index is 2.58. The highest BCUT2D eigenvalue weighted by Crippen LogP contribution is 2.14. The predicted molar refractivity (Wildman–Crippen MR) is 41.1 cm³/mol. The highest BCUT2D eigenvalue weighted by atomic mass is 16.2. The summed E-state index contributed by atoms with van der Waals surface area (Å²) in [5.74, 6) is 0.0156. The first kappa shape index (κ1) is 8.24. The minimum atomic E-state index is -0.152. The Hall–Kier alpha value is -0.860. The van der Waals surface area contributed by atoms with Gasteiger partial charge in [-0.1, -0.05) is 0 Å². The fraction of sp³-hybridized carbons (Fsp3) is 0.750. The van der Waals surface area contributed by atoms with E-state index in [2.05, 4.69) is 0 Å². The van der Waals surface area contributed by atoms with Crippen molar-refractivity contribution in [3.63, 3.8) is 0 Å². The van der Waals surface area contributed by atoms with Crippen LogP contribution in [-0.2, 0) is 9.59 Å². The zero-order valence-electron chi connectivity index (χ0n) is 6.75. The van der Waals surface area contributed by atoms with Crippen LogP contribution in [0.4, 0.5) is 0 Å². The van der Waals surface area contributed by atoms with Gasteiger partial charge in [-0.25, -0.2) is 0 Å². The third kappa shape index (κ3) is 1.79. The van der Waals surface area contributed by atoms with Gasteiger partial charge in [-0.15, -0.1) is 0 Å². The van der Waals surface area contributed by atoms with Crippen LogP contribution in [0.15, 0.2) is 0 Å². The molecule has 62 valence electrons. The van der Waals surface area contributed by atoms with E-state index in [-0.39, 0.29) is 11.9 Å². The summed E-state index contributed by atoms with van der Waals surface area (Å²) in [7, 11) is 0. The highest BCUT2D eigenvalue weighted by molar-refractivity contribution is 5.77. The normalized spacial score (nSPS) is 24.8. The number of amides is 1. The van der Waals surface area contributed by atoms with Gasteiger partial charge in [-0.3, -0.25) is 4.79 Å². The average Bonchev–Trinajstić information content (AvgIpc) is 2.04. The molecule has 3 heteroatoms. The molecule has 1 aliphatic rings. The van der Waals surface area contributed by atoms with Crippen molar-refractivity contribution >= 4 is 12.2 Å². The Morgan fingerprint density at radius 2 is 2.27 bits per heavy atom. The third-order valence-corrected chi connectivity index (χ3v) is 2.11. The monoisotopic (exact) mass is 155 g/mol. The molecule has 0 aromatic rings. The van der Waals surface area contributed by atoms with Gasteiger partial charge in [-0.2, -0.15) is 0 Å². The van der Waals surface area contributed by atoms with Crippen LogP contribution in [0.25, 0.3) is 0 Å². The number of rotatable bonds is 1. The van der Waals surface area contributed by atoms with Crippen LogP contribution in [0.2, 0.25) is 0 Å². The molecule has 0 radical (unpaired) electrons. The lowest BCUT2D eigenvalue weighted by molar-refractivity contribution is -0.135. The number of nitrogens with zero attached hydrogens (tertiary/aromatic N) is 1. The molecule has 1 unspecified atom stereocenters. The molecule has 1 amide bonds. The molecule has 11 heavy (non-hydrogen) atoms. The van der Waals surface area contributed by atoms with E-state index in [1.165, 1.54) is 6.92 Å². The molecule has 1 atom stereocenters. The molecule has 0 spiro atoms. The first-order valence-electron chi connectivity index (χ1n) is 3.98. The van der Waals surface area contributed by atoms with Crippen LogP contribution in [0.3, 0.4) is 0 Å². The number of carbonyl (C=O) groups is 2. The molecule has 0 aliphatic carbocycles. The lowest BCUT2D eigenvalue weighted by atomic mass is 10.0. The summed E-state index contributed by atoms with van der Waals surface area (Å²) in [4.78, 5) is 23.1. The van der Waals surface area contributed by atoms with E-state index in [0.29, 0.717) is 0 Å². The Labute approximate surface area is 66.4 Å². The van der Waals surface area contributed by atoms with Crippen molar-refractivity contribution in [2.75, 3.05) is 6.54 Å². The van der Waals surface area contributed by atoms with Gasteiger partial charge in [0.25, 0.3) is 0 Å². The first-order valence-corrected chi connectivity index (χ1v) is 3.98. The van der Waals surface area contributed by atoms with E-state index in [1.54, 1.807) is 4.90 Å². The Morgan fingerprint density at radius 1 is 1.55 bits per heavy atom. The molecule has 1 aliphatic heterocycles. The van der Waals surface area contributed by atoms with Crippen LogP contribution in [0.5, 0.6) is 0 Å². The van der Waals surface area contributed by atoms with Gasteiger partial charge >= 0.3 is 0 Å². The maximum absolute atomic E-state index is 10.9. The van der Waals surface area contributed by atoms with Gasteiger partial charge in [0.15, 0.2) is 0 Å². The molecule has 0 N–H and O–H groups in total.